The summed E-state index contributed by atoms with van der Waals surface area (Å²) in [6.07, 6.45) is 0. The van der Waals surface area contributed by atoms with Crippen molar-refractivity contribution < 1.29 is 13.2 Å². The summed E-state index contributed by atoms with van der Waals surface area (Å²) in [5.74, 6) is -0.577. The SMILES string of the molecule is Cc1c(C(N)=O)ccc(S(=O)(=O)c2ccc(N)cc2)c1C. The Morgan fingerprint density at radius 3 is 2.05 bits per heavy atom. The molecule has 2 aromatic rings. The standard InChI is InChI=1S/C15H16N2O3S/c1-9-10(2)14(8-7-13(9)15(17)18)21(19,20)12-5-3-11(16)4-6-12/h3-8H,16H2,1-2H3,(H2,17,18). The Kier molecular flexibility index (Phi) is 3.74. The fourth-order valence-electron chi connectivity index (χ4n) is 2.13. The third-order valence-electron chi connectivity index (χ3n) is 3.48. The molecule has 0 aliphatic carbocycles. The second-order valence-electron chi connectivity index (χ2n) is 4.80. The maximum atomic E-state index is 12.6. The lowest BCUT2D eigenvalue weighted by molar-refractivity contribution is 0.0999. The topological polar surface area (TPSA) is 103 Å². The van der Waals surface area contributed by atoms with Gasteiger partial charge in [-0.25, -0.2) is 8.42 Å². The lowest BCUT2D eigenvalue weighted by atomic mass is 10.0. The highest BCUT2D eigenvalue weighted by Crippen LogP contribution is 2.27. The van der Waals surface area contributed by atoms with Gasteiger partial charge >= 0.3 is 0 Å². The Morgan fingerprint density at radius 2 is 1.52 bits per heavy atom. The number of hydrogen-bond donors (Lipinski definition) is 2. The number of carbonyl (C=O) groups excluding carboxylic acids is 1. The predicted octanol–water partition coefficient (Wildman–Crippen LogP) is 1.82. The van der Waals surface area contributed by atoms with Gasteiger partial charge in [0, 0.05) is 11.3 Å². The fraction of sp³-hybridized carbons (Fsp3) is 0.133. The van der Waals surface area contributed by atoms with Gasteiger partial charge in [0.2, 0.25) is 15.7 Å². The molecule has 0 aromatic heterocycles. The molecular formula is C15H16N2O3S. The van der Waals surface area contributed by atoms with Gasteiger partial charge in [0.25, 0.3) is 0 Å². The Bertz CT molecular complexity index is 810. The van der Waals surface area contributed by atoms with Gasteiger partial charge < -0.3 is 11.5 Å². The van der Waals surface area contributed by atoms with E-state index in [-0.39, 0.29) is 9.79 Å². The zero-order chi connectivity index (χ0) is 15.8. The highest BCUT2D eigenvalue weighted by atomic mass is 32.2. The van der Waals surface area contributed by atoms with Crippen LogP contribution >= 0.6 is 0 Å². The quantitative estimate of drug-likeness (QED) is 0.844. The largest absolute Gasteiger partial charge is 0.399 e. The first-order valence-corrected chi connectivity index (χ1v) is 7.74. The first-order chi connectivity index (χ1) is 9.75. The van der Waals surface area contributed by atoms with Gasteiger partial charge in [-0.3, -0.25) is 4.79 Å². The number of primary amides is 1. The van der Waals surface area contributed by atoms with Crippen LogP contribution in [0.25, 0.3) is 0 Å². The Balaban J connectivity index is 2.63. The highest BCUT2D eigenvalue weighted by molar-refractivity contribution is 7.91. The van der Waals surface area contributed by atoms with E-state index in [1.54, 1.807) is 13.8 Å². The first-order valence-electron chi connectivity index (χ1n) is 6.26. The number of benzene rings is 2. The molecule has 21 heavy (non-hydrogen) atoms. The summed E-state index contributed by atoms with van der Waals surface area (Å²) in [5.41, 5.74) is 12.7. The summed E-state index contributed by atoms with van der Waals surface area (Å²) in [5, 5.41) is 0. The summed E-state index contributed by atoms with van der Waals surface area (Å²) < 4.78 is 25.3. The van der Waals surface area contributed by atoms with E-state index in [1.165, 1.54) is 36.4 Å². The van der Waals surface area contributed by atoms with Crippen molar-refractivity contribution in [2.45, 2.75) is 23.6 Å². The minimum atomic E-state index is -3.66. The third kappa shape index (κ3) is 2.62. The second kappa shape index (κ2) is 5.21. The van der Waals surface area contributed by atoms with Gasteiger partial charge in [-0.15, -0.1) is 0 Å². The Morgan fingerprint density at radius 1 is 0.952 bits per heavy atom. The molecular weight excluding hydrogens is 288 g/mol. The molecule has 2 aromatic carbocycles. The van der Waals surface area contributed by atoms with Crippen molar-refractivity contribution in [1.82, 2.24) is 0 Å². The second-order valence-corrected chi connectivity index (χ2v) is 6.72. The normalized spacial score (nSPS) is 11.3. The zero-order valence-electron chi connectivity index (χ0n) is 11.8. The van der Waals surface area contributed by atoms with Crippen LogP contribution in [0.3, 0.4) is 0 Å². The minimum Gasteiger partial charge on any atom is -0.399 e. The number of nitrogen functional groups attached to an aromatic ring is 1. The summed E-state index contributed by atoms with van der Waals surface area (Å²) in [7, 11) is -3.66. The van der Waals surface area contributed by atoms with Crippen LogP contribution in [-0.2, 0) is 9.84 Å². The smallest absolute Gasteiger partial charge is 0.248 e. The van der Waals surface area contributed by atoms with Gasteiger partial charge in [0.05, 0.1) is 9.79 Å². The molecule has 0 fully saturated rings. The van der Waals surface area contributed by atoms with E-state index in [2.05, 4.69) is 0 Å². The Labute approximate surface area is 123 Å². The molecule has 0 aliphatic rings. The van der Waals surface area contributed by atoms with E-state index in [0.29, 0.717) is 22.4 Å². The average molecular weight is 304 g/mol. The number of carbonyl (C=O) groups is 1. The summed E-state index contributed by atoms with van der Waals surface area (Å²) >= 11 is 0. The number of nitrogens with two attached hydrogens (primary N) is 2. The van der Waals surface area contributed by atoms with Crippen LogP contribution in [0.2, 0.25) is 0 Å². The van der Waals surface area contributed by atoms with Crippen LogP contribution in [0, 0.1) is 13.8 Å². The van der Waals surface area contributed by atoms with Gasteiger partial charge in [-0.1, -0.05) is 0 Å². The number of rotatable bonds is 3. The molecule has 0 heterocycles. The van der Waals surface area contributed by atoms with Crippen molar-refractivity contribution >= 4 is 21.4 Å². The number of hydrogen-bond acceptors (Lipinski definition) is 4. The summed E-state index contributed by atoms with van der Waals surface area (Å²) in [6, 6.07) is 8.84. The number of sulfone groups is 1. The number of anilines is 1. The molecule has 110 valence electrons. The van der Waals surface area contributed by atoms with Crippen LogP contribution in [0.15, 0.2) is 46.2 Å². The van der Waals surface area contributed by atoms with Gasteiger partial charge in [-0.05, 0) is 61.4 Å². The first kappa shape index (κ1) is 15.1. The predicted molar refractivity (Wildman–Crippen MR) is 80.7 cm³/mol. The highest BCUT2D eigenvalue weighted by Gasteiger charge is 2.22. The van der Waals surface area contributed by atoms with Crippen LogP contribution in [-0.4, -0.2) is 14.3 Å². The molecule has 0 saturated carbocycles. The third-order valence-corrected chi connectivity index (χ3v) is 5.40. The lowest BCUT2D eigenvalue weighted by Crippen LogP contribution is -2.15. The molecule has 0 bridgehead atoms. The summed E-state index contributed by atoms with van der Waals surface area (Å²) in [6.45, 7) is 3.34. The molecule has 4 N–H and O–H groups in total. The zero-order valence-corrected chi connectivity index (χ0v) is 12.6. The van der Waals surface area contributed by atoms with Crippen molar-refractivity contribution in [2.75, 3.05) is 5.73 Å². The average Bonchev–Trinajstić information content (AvgIpc) is 2.41. The van der Waals surface area contributed by atoms with Gasteiger partial charge in [0.1, 0.15) is 0 Å². The lowest BCUT2D eigenvalue weighted by Gasteiger charge is -2.12. The van der Waals surface area contributed by atoms with Crippen molar-refractivity contribution in [3.63, 3.8) is 0 Å². The van der Waals surface area contributed by atoms with Gasteiger partial charge in [0.15, 0.2) is 0 Å². The van der Waals surface area contributed by atoms with Crippen molar-refractivity contribution in [3.05, 3.63) is 53.1 Å². The molecule has 0 atom stereocenters. The molecule has 0 saturated heterocycles. The molecule has 0 unspecified atom stereocenters. The minimum absolute atomic E-state index is 0.158. The van der Waals surface area contributed by atoms with E-state index >= 15 is 0 Å². The van der Waals surface area contributed by atoms with Crippen molar-refractivity contribution in [3.8, 4) is 0 Å². The van der Waals surface area contributed by atoms with Crippen LogP contribution in [0.1, 0.15) is 21.5 Å². The van der Waals surface area contributed by atoms with E-state index in [1.807, 2.05) is 0 Å². The van der Waals surface area contributed by atoms with Crippen LogP contribution < -0.4 is 11.5 Å². The maximum Gasteiger partial charge on any atom is 0.248 e. The van der Waals surface area contributed by atoms with Gasteiger partial charge in [-0.2, -0.15) is 0 Å². The van der Waals surface area contributed by atoms with Crippen LogP contribution in [0.5, 0.6) is 0 Å². The Hall–Kier alpha value is -2.34. The molecule has 0 radical (unpaired) electrons. The van der Waals surface area contributed by atoms with Crippen molar-refractivity contribution in [1.29, 1.82) is 0 Å². The molecule has 0 aliphatic heterocycles. The molecule has 0 spiro atoms. The maximum absolute atomic E-state index is 12.6. The number of amides is 1. The fourth-order valence-corrected chi connectivity index (χ4v) is 3.68. The molecule has 6 heteroatoms. The van der Waals surface area contributed by atoms with E-state index in [9.17, 15) is 13.2 Å². The molecule has 2 rings (SSSR count). The monoisotopic (exact) mass is 304 g/mol. The van der Waals surface area contributed by atoms with E-state index < -0.39 is 15.7 Å². The van der Waals surface area contributed by atoms with Crippen molar-refractivity contribution in [2.24, 2.45) is 5.73 Å². The van der Waals surface area contributed by atoms with E-state index in [0.717, 1.165) is 0 Å². The molecule has 1 amide bonds. The van der Waals surface area contributed by atoms with Crippen LogP contribution in [0.4, 0.5) is 5.69 Å². The summed E-state index contributed by atoms with van der Waals surface area (Å²) in [4.78, 5) is 11.6. The van der Waals surface area contributed by atoms with E-state index in [4.69, 9.17) is 11.5 Å². The molecule has 5 nitrogen and oxygen atoms in total.